The predicted molar refractivity (Wildman–Crippen MR) is 75.5 cm³/mol. The van der Waals surface area contributed by atoms with E-state index in [0.29, 0.717) is 25.2 Å². The molecule has 1 aromatic rings. The fraction of sp³-hybridized carbons (Fsp3) is 0.500. The molecule has 1 aliphatic heterocycles. The molecule has 1 saturated heterocycles. The SMILES string of the molecule is O=C(c1ccc(F)cc1Cl)N1CCCN(CCO)CC1. The number of halogens is 2. The summed E-state index contributed by atoms with van der Waals surface area (Å²) >= 11 is 5.93. The predicted octanol–water partition coefficient (Wildman–Crippen LogP) is 1.62. The van der Waals surface area contributed by atoms with Gasteiger partial charge < -0.3 is 10.0 Å². The Hall–Kier alpha value is -1.17. The lowest BCUT2D eigenvalue weighted by Gasteiger charge is -2.22. The molecule has 1 fully saturated rings. The van der Waals surface area contributed by atoms with Crippen LogP contribution in [-0.4, -0.2) is 60.1 Å². The molecule has 0 unspecified atom stereocenters. The highest BCUT2D eigenvalue weighted by Gasteiger charge is 2.21. The van der Waals surface area contributed by atoms with E-state index in [1.165, 1.54) is 12.1 Å². The third kappa shape index (κ3) is 3.69. The summed E-state index contributed by atoms with van der Waals surface area (Å²) in [5.41, 5.74) is 0.337. The van der Waals surface area contributed by atoms with Gasteiger partial charge in [-0.15, -0.1) is 0 Å². The van der Waals surface area contributed by atoms with Crippen molar-refractivity contribution in [2.45, 2.75) is 6.42 Å². The van der Waals surface area contributed by atoms with Crippen LogP contribution in [0.3, 0.4) is 0 Å². The Kier molecular flexibility index (Phi) is 5.34. The van der Waals surface area contributed by atoms with Gasteiger partial charge in [0.1, 0.15) is 5.82 Å². The summed E-state index contributed by atoms with van der Waals surface area (Å²) in [6.45, 7) is 3.57. The first-order valence-corrected chi connectivity index (χ1v) is 7.07. The molecule has 1 heterocycles. The van der Waals surface area contributed by atoms with Crippen LogP contribution in [0.25, 0.3) is 0 Å². The highest BCUT2D eigenvalue weighted by Crippen LogP contribution is 2.19. The summed E-state index contributed by atoms with van der Waals surface area (Å²) in [6, 6.07) is 3.83. The number of carbonyl (C=O) groups is 1. The van der Waals surface area contributed by atoms with Crippen molar-refractivity contribution in [3.05, 3.63) is 34.6 Å². The monoisotopic (exact) mass is 300 g/mol. The van der Waals surface area contributed by atoms with E-state index in [4.69, 9.17) is 16.7 Å². The molecule has 0 radical (unpaired) electrons. The second kappa shape index (κ2) is 7.02. The number of amides is 1. The number of β-amino-alcohol motifs (C(OH)–C–C–N with tert-alkyl or cyclic N) is 1. The molecule has 20 heavy (non-hydrogen) atoms. The highest BCUT2D eigenvalue weighted by atomic mass is 35.5. The van der Waals surface area contributed by atoms with E-state index in [2.05, 4.69) is 4.90 Å². The highest BCUT2D eigenvalue weighted by molar-refractivity contribution is 6.33. The number of hydrogen-bond donors (Lipinski definition) is 1. The zero-order valence-corrected chi connectivity index (χ0v) is 11.9. The second-order valence-electron chi connectivity index (χ2n) is 4.84. The molecule has 1 amide bonds. The Morgan fingerprint density at radius 2 is 2.10 bits per heavy atom. The lowest BCUT2D eigenvalue weighted by atomic mass is 10.2. The third-order valence-electron chi connectivity index (χ3n) is 3.45. The average Bonchev–Trinajstić information content (AvgIpc) is 2.64. The van der Waals surface area contributed by atoms with Gasteiger partial charge in [0, 0.05) is 26.2 Å². The van der Waals surface area contributed by atoms with Crippen LogP contribution in [0.15, 0.2) is 18.2 Å². The maximum absolute atomic E-state index is 13.0. The van der Waals surface area contributed by atoms with Crippen molar-refractivity contribution in [3.63, 3.8) is 0 Å². The fourth-order valence-corrected chi connectivity index (χ4v) is 2.62. The third-order valence-corrected chi connectivity index (χ3v) is 3.77. The van der Waals surface area contributed by atoms with E-state index < -0.39 is 5.82 Å². The van der Waals surface area contributed by atoms with Crippen LogP contribution >= 0.6 is 11.6 Å². The lowest BCUT2D eigenvalue weighted by molar-refractivity contribution is 0.0760. The normalized spacial score (nSPS) is 17.1. The molecule has 0 atom stereocenters. The van der Waals surface area contributed by atoms with Gasteiger partial charge >= 0.3 is 0 Å². The van der Waals surface area contributed by atoms with Crippen LogP contribution in [0.2, 0.25) is 5.02 Å². The Morgan fingerprint density at radius 1 is 1.30 bits per heavy atom. The molecular weight excluding hydrogens is 283 g/mol. The molecule has 110 valence electrons. The number of rotatable bonds is 3. The topological polar surface area (TPSA) is 43.8 Å². The molecule has 0 spiro atoms. The number of benzene rings is 1. The largest absolute Gasteiger partial charge is 0.395 e. The van der Waals surface area contributed by atoms with Crippen molar-refractivity contribution in [1.82, 2.24) is 9.80 Å². The van der Waals surface area contributed by atoms with Crippen molar-refractivity contribution in [2.24, 2.45) is 0 Å². The van der Waals surface area contributed by atoms with E-state index in [-0.39, 0.29) is 17.5 Å². The van der Waals surface area contributed by atoms with Gasteiger partial charge in [-0.3, -0.25) is 9.69 Å². The number of carbonyl (C=O) groups excluding carboxylic acids is 1. The first-order chi connectivity index (χ1) is 9.61. The molecule has 0 aliphatic carbocycles. The van der Waals surface area contributed by atoms with Gasteiger partial charge in [0.15, 0.2) is 0 Å². The van der Waals surface area contributed by atoms with Crippen LogP contribution in [-0.2, 0) is 0 Å². The van der Waals surface area contributed by atoms with Crippen LogP contribution < -0.4 is 0 Å². The maximum atomic E-state index is 13.0. The summed E-state index contributed by atoms with van der Waals surface area (Å²) in [7, 11) is 0. The standard InChI is InChI=1S/C14H18ClFN2O2/c15-13-10-11(16)2-3-12(13)14(20)18-5-1-4-17(6-7-18)8-9-19/h2-3,10,19H,1,4-9H2. The number of aliphatic hydroxyl groups is 1. The van der Waals surface area contributed by atoms with E-state index in [1.807, 2.05) is 0 Å². The van der Waals surface area contributed by atoms with Crippen molar-refractivity contribution < 1.29 is 14.3 Å². The Labute approximate surface area is 122 Å². The van der Waals surface area contributed by atoms with Crippen molar-refractivity contribution in [3.8, 4) is 0 Å². The van der Waals surface area contributed by atoms with Crippen LogP contribution in [0.4, 0.5) is 4.39 Å². The Morgan fingerprint density at radius 3 is 2.80 bits per heavy atom. The van der Waals surface area contributed by atoms with E-state index in [1.54, 1.807) is 4.90 Å². The maximum Gasteiger partial charge on any atom is 0.255 e. The average molecular weight is 301 g/mol. The van der Waals surface area contributed by atoms with Gasteiger partial charge in [0.2, 0.25) is 0 Å². The van der Waals surface area contributed by atoms with Crippen molar-refractivity contribution in [2.75, 3.05) is 39.3 Å². The van der Waals surface area contributed by atoms with Crippen LogP contribution in [0.1, 0.15) is 16.8 Å². The molecule has 1 N–H and O–H groups in total. The summed E-state index contributed by atoms with van der Waals surface area (Å²) in [6.07, 6.45) is 0.852. The second-order valence-corrected chi connectivity index (χ2v) is 5.24. The number of aliphatic hydroxyl groups excluding tert-OH is 1. The quantitative estimate of drug-likeness (QED) is 0.922. The summed E-state index contributed by atoms with van der Waals surface area (Å²) in [5, 5.41) is 9.10. The molecular formula is C14H18ClFN2O2. The first-order valence-electron chi connectivity index (χ1n) is 6.69. The minimum Gasteiger partial charge on any atom is -0.395 e. The van der Waals surface area contributed by atoms with E-state index in [9.17, 15) is 9.18 Å². The molecule has 1 aliphatic rings. The zero-order chi connectivity index (χ0) is 14.5. The Balaban J connectivity index is 2.05. The number of nitrogens with zero attached hydrogens (tertiary/aromatic N) is 2. The molecule has 0 saturated carbocycles. The van der Waals surface area contributed by atoms with E-state index >= 15 is 0 Å². The van der Waals surface area contributed by atoms with Gasteiger partial charge in [0.25, 0.3) is 5.91 Å². The van der Waals surface area contributed by atoms with Gasteiger partial charge in [-0.05, 0) is 31.2 Å². The molecule has 0 aromatic heterocycles. The van der Waals surface area contributed by atoms with Gasteiger partial charge in [0.05, 0.1) is 17.2 Å². The minimum absolute atomic E-state index is 0.123. The smallest absolute Gasteiger partial charge is 0.255 e. The van der Waals surface area contributed by atoms with Crippen LogP contribution in [0, 0.1) is 5.82 Å². The van der Waals surface area contributed by atoms with Gasteiger partial charge in [-0.2, -0.15) is 0 Å². The number of hydrogen-bond acceptors (Lipinski definition) is 3. The fourth-order valence-electron chi connectivity index (χ4n) is 2.37. The molecule has 2 rings (SSSR count). The van der Waals surface area contributed by atoms with Crippen LogP contribution in [0.5, 0.6) is 0 Å². The lowest BCUT2D eigenvalue weighted by Crippen LogP contribution is -2.36. The van der Waals surface area contributed by atoms with Crippen molar-refractivity contribution in [1.29, 1.82) is 0 Å². The minimum atomic E-state index is -0.448. The molecule has 0 bridgehead atoms. The Bertz CT molecular complexity index is 484. The first kappa shape index (κ1) is 15.2. The molecule has 1 aromatic carbocycles. The molecule has 4 nitrogen and oxygen atoms in total. The zero-order valence-electron chi connectivity index (χ0n) is 11.2. The van der Waals surface area contributed by atoms with Gasteiger partial charge in [-0.25, -0.2) is 4.39 Å². The van der Waals surface area contributed by atoms with Crippen molar-refractivity contribution >= 4 is 17.5 Å². The van der Waals surface area contributed by atoms with Gasteiger partial charge in [-0.1, -0.05) is 11.6 Å². The summed E-state index contributed by atoms with van der Waals surface area (Å²) in [4.78, 5) is 16.3. The summed E-state index contributed by atoms with van der Waals surface area (Å²) < 4.78 is 13.0. The van der Waals surface area contributed by atoms with E-state index in [0.717, 1.165) is 25.6 Å². The summed E-state index contributed by atoms with van der Waals surface area (Å²) in [5.74, 6) is -0.614. The molecule has 6 heteroatoms.